The van der Waals surface area contributed by atoms with Crippen LogP contribution in [0.4, 0.5) is 0 Å². The Balaban J connectivity index is 2.27. The Labute approximate surface area is 167 Å². The van der Waals surface area contributed by atoms with E-state index in [0.717, 1.165) is 12.8 Å². The summed E-state index contributed by atoms with van der Waals surface area (Å²) in [4.78, 5) is 0. The zero-order chi connectivity index (χ0) is 19.5. The van der Waals surface area contributed by atoms with Gasteiger partial charge in [0.1, 0.15) is 0 Å². The second-order valence-corrected chi connectivity index (χ2v) is 23.0. The van der Waals surface area contributed by atoms with Crippen LogP contribution in [0.15, 0.2) is 10.2 Å². The standard InChI is InChI=1S/C11H17O2.3C4H9.Sn/c1-5-11-9(2,3)6-8(12)7-10(11,4)13-11;3*1-3-4-2;/h1,5,8,12H,6-7H2,2-4H3;3*1,3-4H2,2H3;/t8-,10+,11-;;;;/m0..../s1. The van der Waals surface area contributed by atoms with E-state index in [1.165, 1.54) is 51.8 Å². The van der Waals surface area contributed by atoms with Crippen molar-refractivity contribution < 1.29 is 9.84 Å². The predicted octanol–water partition coefficient (Wildman–Crippen LogP) is 6.64. The number of hydrogen-bond acceptors (Lipinski definition) is 2. The Kier molecular flexibility index (Phi) is 7.75. The van der Waals surface area contributed by atoms with Gasteiger partial charge in [0.2, 0.25) is 0 Å². The molecule has 1 N–H and O–H groups in total. The molecular formula is C23H44O2Sn. The van der Waals surface area contributed by atoms with Crippen LogP contribution < -0.4 is 0 Å². The average molecular weight is 471 g/mol. The number of aliphatic hydroxyl groups excluding tert-OH is 1. The van der Waals surface area contributed by atoms with E-state index in [1.807, 2.05) is 0 Å². The van der Waals surface area contributed by atoms with Crippen LogP contribution in [-0.2, 0) is 4.74 Å². The molecule has 0 amide bonds. The molecule has 1 heterocycles. The second kappa shape index (κ2) is 8.86. The summed E-state index contributed by atoms with van der Waals surface area (Å²) in [5.41, 5.74) is -0.262. The summed E-state index contributed by atoms with van der Waals surface area (Å²) < 4.78 is 13.7. The summed E-state index contributed by atoms with van der Waals surface area (Å²) in [6.45, 7) is 13.8. The van der Waals surface area contributed by atoms with Gasteiger partial charge in [-0.05, 0) is 0 Å². The van der Waals surface area contributed by atoms with Crippen molar-refractivity contribution in [3.05, 3.63) is 10.2 Å². The summed E-state index contributed by atoms with van der Waals surface area (Å²) in [6, 6.07) is 0. The van der Waals surface area contributed by atoms with Crippen molar-refractivity contribution in [2.75, 3.05) is 0 Å². The maximum absolute atomic E-state index is 10.3. The third-order valence-electron chi connectivity index (χ3n) is 7.26. The Morgan fingerprint density at radius 1 is 0.923 bits per heavy atom. The molecule has 1 aliphatic heterocycles. The molecule has 0 aromatic rings. The summed E-state index contributed by atoms with van der Waals surface area (Å²) in [6.07, 6.45) is 12.1. The number of aliphatic hydroxyl groups is 1. The Bertz CT molecular complexity index is 465. The number of unbranched alkanes of at least 4 members (excludes halogenated alkanes) is 3. The molecular weight excluding hydrogens is 427 g/mol. The van der Waals surface area contributed by atoms with Gasteiger partial charge < -0.3 is 0 Å². The molecule has 1 aliphatic carbocycles. The van der Waals surface area contributed by atoms with Crippen molar-refractivity contribution in [2.24, 2.45) is 5.41 Å². The van der Waals surface area contributed by atoms with Crippen LogP contribution in [0.3, 0.4) is 0 Å². The average Bonchev–Trinajstić information content (AvgIpc) is 3.19. The van der Waals surface area contributed by atoms with Gasteiger partial charge in [-0.15, -0.1) is 0 Å². The summed E-state index contributed by atoms with van der Waals surface area (Å²) >= 11 is -2.28. The van der Waals surface area contributed by atoms with Crippen molar-refractivity contribution in [3.8, 4) is 0 Å². The van der Waals surface area contributed by atoms with Crippen LogP contribution >= 0.6 is 0 Å². The SMILES string of the molecule is CCC[CH2][Sn](/[CH]=C/[C@@]12O[C@]1(C)C[C@@H](O)CC2(C)C)([CH2]CCC)[CH2]CCC. The van der Waals surface area contributed by atoms with Gasteiger partial charge in [0, 0.05) is 0 Å². The molecule has 0 spiro atoms. The van der Waals surface area contributed by atoms with Crippen LogP contribution in [-0.4, -0.2) is 40.8 Å². The van der Waals surface area contributed by atoms with Gasteiger partial charge in [0.15, 0.2) is 0 Å². The number of rotatable bonds is 11. The molecule has 0 radical (unpaired) electrons. The predicted molar refractivity (Wildman–Crippen MR) is 115 cm³/mol. The Hall–Kier alpha value is 0.459. The Morgan fingerprint density at radius 3 is 1.85 bits per heavy atom. The van der Waals surface area contributed by atoms with Crippen LogP contribution in [0.2, 0.25) is 13.3 Å². The molecule has 2 fully saturated rings. The monoisotopic (exact) mass is 472 g/mol. The fraction of sp³-hybridized carbons (Fsp3) is 0.913. The Morgan fingerprint density at radius 2 is 1.42 bits per heavy atom. The van der Waals surface area contributed by atoms with E-state index in [-0.39, 0.29) is 22.7 Å². The van der Waals surface area contributed by atoms with E-state index in [9.17, 15) is 5.11 Å². The van der Waals surface area contributed by atoms with Crippen molar-refractivity contribution in [1.29, 1.82) is 0 Å². The van der Waals surface area contributed by atoms with Crippen molar-refractivity contribution in [3.63, 3.8) is 0 Å². The van der Waals surface area contributed by atoms with Gasteiger partial charge >= 0.3 is 167 Å². The van der Waals surface area contributed by atoms with Crippen LogP contribution in [0.25, 0.3) is 0 Å². The van der Waals surface area contributed by atoms with E-state index in [4.69, 9.17) is 4.74 Å². The van der Waals surface area contributed by atoms with Gasteiger partial charge in [-0.25, -0.2) is 0 Å². The van der Waals surface area contributed by atoms with Crippen LogP contribution in [0.1, 0.15) is 92.9 Å². The van der Waals surface area contributed by atoms with Crippen LogP contribution in [0.5, 0.6) is 0 Å². The molecule has 1 saturated heterocycles. The first kappa shape index (κ1) is 22.7. The first-order valence-electron chi connectivity index (χ1n) is 11.3. The van der Waals surface area contributed by atoms with Gasteiger partial charge in [-0.1, -0.05) is 0 Å². The van der Waals surface area contributed by atoms with E-state index >= 15 is 0 Å². The van der Waals surface area contributed by atoms with Gasteiger partial charge in [0.25, 0.3) is 0 Å². The number of ether oxygens (including phenoxy) is 1. The van der Waals surface area contributed by atoms with E-state index in [1.54, 1.807) is 0 Å². The van der Waals surface area contributed by atoms with E-state index < -0.39 is 18.4 Å². The molecule has 26 heavy (non-hydrogen) atoms. The fourth-order valence-corrected chi connectivity index (χ4v) is 19.9. The van der Waals surface area contributed by atoms with Gasteiger partial charge in [0.05, 0.1) is 0 Å². The zero-order valence-corrected chi connectivity index (χ0v) is 21.2. The third kappa shape index (κ3) is 4.54. The third-order valence-corrected chi connectivity index (χ3v) is 21.3. The summed E-state index contributed by atoms with van der Waals surface area (Å²) in [7, 11) is 0. The summed E-state index contributed by atoms with van der Waals surface area (Å²) in [5, 5.41) is 10.3. The van der Waals surface area contributed by atoms with Gasteiger partial charge in [-0.3, -0.25) is 0 Å². The topological polar surface area (TPSA) is 32.8 Å². The zero-order valence-electron chi connectivity index (χ0n) is 18.4. The normalized spacial score (nSPS) is 33.4. The van der Waals surface area contributed by atoms with Crippen molar-refractivity contribution in [2.45, 2.75) is 124 Å². The molecule has 0 bridgehead atoms. The first-order valence-corrected chi connectivity index (χ1v) is 19.0. The molecule has 0 aromatic carbocycles. The molecule has 3 atom stereocenters. The molecule has 0 unspecified atom stereocenters. The molecule has 3 heteroatoms. The molecule has 1 saturated carbocycles. The first-order chi connectivity index (χ1) is 12.2. The van der Waals surface area contributed by atoms with Gasteiger partial charge in [-0.2, -0.15) is 0 Å². The molecule has 2 rings (SSSR count). The van der Waals surface area contributed by atoms with E-state index in [0.29, 0.717) is 0 Å². The fourth-order valence-electron chi connectivity index (χ4n) is 5.58. The number of epoxide rings is 1. The number of fused-ring (bicyclic) bond motifs is 1. The second-order valence-electron chi connectivity index (χ2n) is 10.0. The molecule has 2 nitrogen and oxygen atoms in total. The minimum absolute atomic E-state index is 0.0216. The van der Waals surface area contributed by atoms with Crippen molar-refractivity contribution >= 4 is 18.4 Å². The number of hydrogen-bond donors (Lipinski definition) is 1. The molecule has 0 aromatic heterocycles. The van der Waals surface area contributed by atoms with E-state index in [2.05, 4.69) is 51.7 Å². The summed E-state index contributed by atoms with van der Waals surface area (Å²) in [5.74, 6) is 0. The minimum atomic E-state index is -2.28. The van der Waals surface area contributed by atoms with Crippen molar-refractivity contribution in [1.82, 2.24) is 0 Å². The molecule has 152 valence electrons. The molecule has 2 aliphatic rings. The quantitative estimate of drug-likeness (QED) is 0.271. The van der Waals surface area contributed by atoms with Crippen LogP contribution in [0, 0.1) is 5.41 Å². The maximum atomic E-state index is 10.3.